The topological polar surface area (TPSA) is 41.4 Å². The number of amides is 1. The van der Waals surface area contributed by atoms with E-state index in [-0.39, 0.29) is 5.91 Å². The molecule has 0 aliphatic heterocycles. The molecule has 2 aromatic carbocycles. The number of imidazole rings is 1. The Morgan fingerprint density at radius 1 is 0.964 bits per heavy atom. The number of carbonyl (C=O) groups excluding carboxylic acids is 1. The number of hydrogen-bond acceptors (Lipinski definition) is 3. The molecule has 0 spiro atoms. The van der Waals surface area contributed by atoms with Gasteiger partial charge in [0.25, 0.3) is 5.91 Å². The Morgan fingerprint density at radius 2 is 1.68 bits per heavy atom. The minimum Gasteiger partial charge on any atom is -0.333 e. The quantitative estimate of drug-likeness (QED) is 0.569. The second-order valence-corrected chi connectivity index (χ2v) is 6.76. The van der Waals surface area contributed by atoms with E-state index in [9.17, 15) is 4.79 Å². The van der Waals surface area contributed by atoms with Gasteiger partial charge in [0, 0.05) is 43.3 Å². The number of likely N-dealkylation sites (N-methyl/N-ethyl adjacent to an activating group) is 1. The van der Waals surface area contributed by atoms with Crippen molar-refractivity contribution in [2.45, 2.75) is 20.4 Å². The molecule has 3 aromatic rings. The molecule has 5 nitrogen and oxygen atoms in total. The van der Waals surface area contributed by atoms with Crippen LogP contribution >= 0.6 is 0 Å². The van der Waals surface area contributed by atoms with Crippen molar-refractivity contribution in [1.82, 2.24) is 19.4 Å². The fourth-order valence-corrected chi connectivity index (χ4v) is 3.23. The van der Waals surface area contributed by atoms with Crippen LogP contribution in [0, 0.1) is 0 Å². The van der Waals surface area contributed by atoms with E-state index in [0.717, 1.165) is 30.9 Å². The second kappa shape index (κ2) is 9.85. The number of carbonyl (C=O) groups is 1. The summed E-state index contributed by atoms with van der Waals surface area (Å²) in [6.45, 7) is 8.48. The van der Waals surface area contributed by atoms with Gasteiger partial charge in [-0.05, 0) is 42.9 Å². The van der Waals surface area contributed by atoms with E-state index in [0.29, 0.717) is 18.7 Å². The maximum atomic E-state index is 13.2. The van der Waals surface area contributed by atoms with Gasteiger partial charge in [-0.1, -0.05) is 44.2 Å². The van der Waals surface area contributed by atoms with Crippen LogP contribution in [0.2, 0.25) is 0 Å². The van der Waals surface area contributed by atoms with Crippen molar-refractivity contribution in [2.24, 2.45) is 0 Å². The molecule has 0 fully saturated rings. The molecule has 0 unspecified atom stereocenters. The highest BCUT2D eigenvalue weighted by atomic mass is 16.2. The van der Waals surface area contributed by atoms with Crippen LogP contribution in [0.15, 0.2) is 73.3 Å². The summed E-state index contributed by atoms with van der Waals surface area (Å²) in [5, 5.41) is 0. The molecule has 146 valence electrons. The lowest BCUT2D eigenvalue weighted by Crippen LogP contribution is -2.38. The van der Waals surface area contributed by atoms with Gasteiger partial charge in [0.2, 0.25) is 0 Å². The van der Waals surface area contributed by atoms with Gasteiger partial charge in [0.15, 0.2) is 0 Å². The molecule has 1 amide bonds. The number of benzene rings is 2. The van der Waals surface area contributed by atoms with Gasteiger partial charge in [0.05, 0.1) is 6.33 Å². The molecular formula is C23H28N4O. The molecule has 0 N–H and O–H groups in total. The van der Waals surface area contributed by atoms with Gasteiger partial charge in [-0.15, -0.1) is 0 Å². The van der Waals surface area contributed by atoms with E-state index < -0.39 is 0 Å². The average Bonchev–Trinajstić information content (AvgIpc) is 3.29. The summed E-state index contributed by atoms with van der Waals surface area (Å²) in [6, 6.07) is 17.9. The normalized spacial score (nSPS) is 11.0. The fourth-order valence-electron chi connectivity index (χ4n) is 3.23. The highest BCUT2D eigenvalue weighted by molar-refractivity contribution is 5.94. The van der Waals surface area contributed by atoms with E-state index >= 15 is 0 Å². The van der Waals surface area contributed by atoms with Crippen LogP contribution in [0.5, 0.6) is 0 Å². The molecule has 1 aromatic heterocycles. The molecule has 0 aliphatic carbocycles. The molecule has 0 saturated carbocycles. The predicted molar refractivity (Wildman–Crippen MR) is 113 cm³/mol. The largest absolute Gasteiger partial charge is 0.333 e. The monoisotopic (exact) mass is 376 g/mol. The first kappa shape index (κ1) is 19.8. The average molecular weight is 377 g/mol. The van der Waals surface area contributed by atoms with Crippen molar-refractivity contribution in [3.63, 3.8) is 0 Å². The SMILES string of the molecule is CCN(CC)CCN(Cc1ccccc1)C(=O)c1ccc(-n2ccnc2)cc1. The molecule has 1 heterocycles. The van der Waals surface area contributed by atoms with Gasteiger partial charge >= 0.3 is 0 Å². The maximum Gasteiger partial charge on any atom is 0.254 e. The van der Waals surface area contributed by atoms with Crippen LogP contribution in [0.4, 0.5) is 0 Å². The lowest BCUT2D eigenvalue weighted by atomic mass is 10.1. The molecule has 0 aliphatic rings. The predicted octanol–water partition coefficient (Wildman–Crippen LogP) is 3.86. The van der Waals surface area contributed by atoms with Crippen LogP contribution in [-0.4, -0.2) is 51.4 Å². The maximum absolute atomic E-state index is 13.2. The zero-order valence-electron chi connectivity index (χ0n) is 16.7. The molecular weight excluding hydrogens is 348 g/mol. The van der Waals surface area contributed by atoms with Crippen LogP contribution < -0.4 is 0 Å². The van der Waals surface area contributed by atoms with Crippen molar-refractivity contribution < 1.29 is 4.79 Å². The van der Waals surface area contributed by atoms with Crippen molar-refractivity contribution in [3.05, 3.63) is 84.4 Å². The van der Waals surface area contributed by atoms with Crippen molar-refractivity contribution in [2.75, 3.05) is 26.2 Å². The molecule has 0 saturated heterocycles. The third kappa shape index (κ3) is 5.08. The highest BCUT2D eigenvalue weighted by Crippen LogP contribution is 2.14. The first-order valence-corrected chi connectivity index (χ1v) is 9.85. The molecule has 5 heteroatoms. The van der Waals surface area contributed by atoms with Gasteiger partial charge < -0.3 is 14.4 Å². The number of nitrogens with zero attached hydrogens (tertiary/aromatic N) is 4. The molecule has 0 bridgehead atoms. The van der Waals surface area contributed by atoms with E-state index in [1.165, 1.54) is 0 Å². The first-order chi connectivity index (χ1) is 13.7. The summed E-state index contributed by atoms with van der Waals surface area (Å²) in [7, 11) is 0. The summed E-state index contributed by atoms with van der Waals surface area (Å²) >= 11 is 0. The zero-order valence-corrected chi connectivity index (χ0v) is 16.7. The highest BCUT2D eigenvalue weighted by Gasteiger charge is 2.17. The van der Waals surface area contributed by atoms with E-state index in [1.54, 1.807) is 12.5 Å². The van der Waals surface area contributed by atoms with E-state index in [4.69, 9.17) is 0 Å². The number of aromatic nitrogens is 2. The summed E-state index contributed by atoms with van der Waals surface area (Å²) in [5.41, 5.74) is 2.84. The lowest BCUT2D eigenvalue weighted by molar-refractivity contribution is 0.0724. The van der Waals surface area contributed by atoms with Crippen LogP contribution in [0.3, 0.4) is 0 Å². The summed E-state index contributed by atoms with van der Waals surface area (Å²) in [6.07, 6.45) is 5.39. The first-order valence-electron chi connectivity index (χ1n) is 9.85. The summed E-state index contributed by atoms with van der Waals surface area (Å²) in [4.78, 5) is 21.6. The van der Waals surface area contributed by atoms with Crippen LogP contribution in [0.1, 0.15) is 29.8 Å². The molecule has 0 radical (unpaired) electrons. The van der Waals surface area contributed by atoms with E-state index in [1.807, 2.05) is 58.1 Å². The Balaban J connectivity index is 1.76. The number of rotatable bonds is 9. The Kier molecular flexibility index (Phi) is 6.98. The number of hydrogen-bond donors (Lipinski definition) is 0. The minimum atomic E-state index is 0.0631. The summed E-state index contributed by atoms with van der Waals surface area (Å²) in [5.74, 6) is 0.0631. The Labute approximate surface area is 167 Å². The van der Waals surface area contributed by atoms with Crippen LogP contribution in [-0.2, 0) is 6.54 Å². The fraction of sp³-hybridized carbons (Fsp3) is 0.304. The third-order valence-electron chi connectivity index (χ3n) is 5.00. The molecule has 0 atom stereocenters. The van der Waals surface area contributed by atoms with Crippen molar-refractivity contribution in [3.8, 4) is 5.69 Å². The third-order valence-corrected chi connectivity index (χ3v) is 5.00. The second-order valence-electron chi connectivity index (χ2n) is 6.76. The molecule has 3 rings (SSSR count). The smallest absolute Gasteiger partial charge is 0.254 e. The van der Waals surface area contributed by atoms with Gasteiger partial charge in [-0.25, -0.2) is 4.98 Å². The van der Waals surface area contributed by atoms with Crippen molar-refractivity contribution >= 4 is 5.91 Å². The Hall–Kier alpha value is -2.92. The minimum absolute atomic E-state index is 0.0631. The standard InChI is InChI=1S/C23H28N4O/c1-3-25(4-2)16-17-26(18-20-8-6-5-7-9-20)23(28)21-10-12-22(13-11-21)27-15-14-24-19-27/h5-15,19H,3-4,16-18H2,1-2H3. The lowest BCUT2D eigenvalue weighted by Gasteiger charge is -2.27. The van der Waals surface area contributed by atoms with Gasteiger partial charge in [0.1, 0.15) is 0 Å². The zero-order chi connectivity index (χ0) is 19.8. The van der Waals surface area contributed by atoms with Gasteiger partial charge in [-0.2, -0.15) is 0 Å². The van der Waals surface area contributed by atoms with Crippen molar-refractivity contribution in [1.29, 1.82) is 0 Å². The summed E-state index contributed by atoms with van der Waals surface area (Å²) < 4.78 is 1.93. The van der Waals surface area contributed by atoms with Crippen LogP contribution in [0.25, 0.3) is 5.69 Å². The van der Waals surface area contributed by atoms with E-state index in [2.05, 4.69) is 35.9 Å². The van der Waals surface area contributed by atoms with Gasteiger partial charge in [-0.3, -0.25) is 4.79 Å². The Bertz CT molecular complexity index is 840. The molecule has 28 heavy (non-hydrogen) atoms. The Morgan fingerprint density at radius 3 is 2.29 bits per heavy atom.